The lowest BCUT2D eigenvalue weighted by atomic mass is 10.2. The third-order valence-electron chi connectivity index (χ3n) is 2.37. The minimum absolute atomic E-state index is 0.289. The van der Waals surface area contributed by atoms with E-state index < -0.39 is 12.1 Å². The minimum Gasteiger partial charge on any atom is -0.391 e. The van der Waals surface area contributed by atoms with Crippen LogP contribution in [0.25, 0.3) is 0 Å². The zero-order chi connectivity index (χ0) is 11.5. The summed E-state index contributed by atoms with van der Waals surface area (Å²) < 4.78 is 5.07. The summed E-state index contributed by atoms with van der Waals surface area (Å²) in [4.78, 5) is 4.26. The van der Waals surface area contributed by atoms with Crippen molar-refractivity contribution < 1.29 is 9.63 Å². The molecule has 0 radical (unpaired) electrons. The molecule has 0 aromatic carbocycles. The Kier molecular flexibility index (Phi) is 4.12. The lowest BCUT2D eigenvalue weighted by Gasteiger charge is -2.17. The van der Waals surface area contributed by atoms with Crippen LogP contribution in [0.2, 0.25) is 0 Å². The first kappa shape index (κ1) is 12.2. The number of rotatable bonds is 3. The molecule has 0 spiro atoms. The fourth-order valence-electron chi connectivity index (χ4n) is 1.36. The molecule has 1 fully saturated rings. The van der Waals surface area contributed by atoms with Gasteiger partial charge in [-0.2, -0.15) is 16.7 Å². The van der Waals surface area contributed by atoms with Gasteiger partial charge in [0.15, 0.2) is 5.82 Å². The van der Waals surface area contributed by atoms with Crippen LogP contribution in [-0.2, 0) is 0 Å². The number of nitrogens with zero attached hydrogens (tertiary/aromatic N) is 2. The van der Waals surface area contributed by atoms with Crippen LogP contribution in [0, 0.1) is 0 Å². The molecular formula is C9H15N3O2S2. The average molecular weight is 261 g/mol. The molecule has 2 heterocycles. The Bertz CT molecular complexity index is 339. The highest BCUT2D eigenvalue weighted by Gasteiger charge is 2.25. The fraction of sp³-hybridized carbons (Fsp3) is 0.778. The van der Waals surface area contributed by atoms with Gasteiger partial charge >= 0.3 is 0 Å². The quantitative estimate of drug-likeness (QED) is 0.838. The van der Waals surface area contributed by atoms with Crippen molar-refractivity contribution in [1.82, 2.24) is 10.1 Å². The molecule has 1 aliphatic heterocycles. The van der Waals surface area contributed by atoms with Crippen molar-refractivity contribution in [2.45, 2.75) is 24.3 Å². The van der Waals surface area contributed by atoms with Crippen molar-refractivity contribution in [3.05, 3.63) is 11.7 Å². The van der Waals surface area contributed by atoms with Crippen LogP contribution in [0.1, 0.15) is 29.9 Å². The summed E-state index contributed by atoms with van der Waals surface area (Å²) in [6, 6.07) is -0.595. The zero-order valence-electron chi connectivity index (χ0n) is 9.00. The van der Waals surface area contributed by atoms with E-state index in [4.69, 9.17) is 10.3 Å². The average Bonchev–Trinajstić information content (AvgIpc) is 2.78. The van der Waals surface area contributed by atoms with E-state index in [1.54, 1.807) is 6.92 Å². The van der Waals surface area contributed by atoms with E-state index in [-0.39, 0.29) is 5.25 Å². The molecule has 0 bridgehead atoms. The van der Waals surface area contributed by atoms with Crippen molar-refractivity contribution in [2.75, 3.05) is 17.3 Å². The summed E-state index contributed by atoms with van der Waals surface area (Å²) in [5.74, 6) is 4.32. The standard InChI is InChI=1S/C9H15N3O2S2/c1-5(13)7(10)9-11-8(12-14-9)6-4-15-2-3-16-6/h5-7,13H,2-4,10H2,1H3/t5-,6?,7+/m1/s1. The molecule has 1 aromatic rings. The van der Waals surface area contributed by atoms with Crippen LogP contribution in [0.4, 0.5) is 0 Å². The van der Waals surface area contributed by atoms with Gasteiger partial charge in [-0.1, -0.05) is 5.16 Å². The van der Waals surface area contributed by atoms with Crippen molar-refractivity contribution in [1.29, 1.82) is 0 Å². The van der Waals surface area contributed by atoms with Gasteiger partial charge in [0.1, 0.15) is 6.04 Å². The molecule has 90 valence electrons. The highest BCUT2D eigenvalue weighted by molar-refractivity contribution is 8.06. The SMILES string of the molecule is C[C@@H](O)[C@H](N)c1nc(C2CSCCS2)no1. The van der Waals surface area contributed by atoms with Gasteiger partial charge in [-0.25, -0.2) is 0 Å². The number of aliphatic hydroxyl groups is 1. The third kappa shape index (κ3) is 2.71. The van der Waals surface area contributed by atoms with Crippen molar-refractivity contribution in [2.24, 2.45) is 5.73 Å². The number of nitrogens with two attached hydrogens (primary N) is 1. The predicted molar refractivity (Wildman–Crippen MR) is 65.4 cm³/mol. The highest BCUT2D eigenvalue weighted by Crippen LogP contribution is 2.35. The molecule has 5 nitrogen and oxygen atoms in total. The Hall–Kier alpha value is -0.240. The second-order valence-electron chi connectivity index (χ2n) is 3.69. The van der Waals surface area contributed by atoms with Crippen molar-refractivity contribution in [3.8, 4) is 0 Å². The lowest BCUT2D eigenvalue weighted by molar-refractivity contribution is 0.146. The highest BCUT2D eigenvalue weighted by atomic mass is 32.2. The maximum atomic E-state index is 9.33. The van der Waals surface area contributed by atoms with Crippen LogP contribution in [0.15, 0.2) is 4.52 Å². The number of thioether (sulfide) groups is 2. The lowest BCUT2D eigenvalue weighted by Crippen LogP contribution is -2.23. The van der Waals surface area contributed by atoms with Crippen LogP contribution in [-0.4, -0.2) is 38.6 Å². The van der Waals surface area contributed by atoms with Gasteiger partial charge in [0.2, 0.25) is 5.89 Å². The Morgan fingerprint density at radius 2 is 2.38 bits per heavy atom. The van der Waals surface area contributed by atoms with E-state index in [9.17, 15) is 5.11 Å². The number of hydrogen-bond donors (Lipinski definition) is 2. The summed E-state index contributed by atoms with van der Waals surface area (Å²) in [6.45, 7) is 1.61. The van der Waals surface area contributed by atoms with Gasteiger partial charge < -0.3 is 15.4 Å². The maximum Gasteiger partial charge on any atom is 0.246 e. The van der Waals surface area contributed by atoms with E-state index >= 15 is 0 Å². The molecule has 3 atom stereocenters. The second kappa shape index (κ2) is 5.39. The van der Waals surface area contributed by atoms with E-state index in [2.05, 4.69) is 10.1 Å². The Morgan fingerprint density at radius 3 is 3.00 bits per heavy atom. The van der Waals surface area contributed by atoms with Crippen LogP contribution in [0.3, 0.4) is 0 Å². The molecule has 0 saturated carbocycles. The first-order valence-electron chi connectivity index (χ1n) is 5.15. The van der Waals surface area contributed by atoms with Crippen molar-refractivity contribution >= 4 is 23.5 Å². The van der Waals surface area contributed by atoms with E-state index in [0.29, 0.717) is 11.7 Å². The molecule has 1 aromatic heterocycles. The molecule has 16 heavy (non-hydrogen) atoms. The first-order valence-corrected chi connectivity index (χ1v) is 7.35. The predicted octanol–water partition coefficient (Wildman–Crippen LogP) is 0.971. The Balaban J connectivity index is 2.06. The van der Waals surface area contributed by atoms with Gasteiger partial charge in [0.25, 0.3) is 0 Å². The van der Waals surface area contributed by atoms with Crippen molar-refractivity contribution in [3.63, 3.8) is 0 Å². The summed E-state index contributed by atoms with van der Waals surface area (Å²) in [6.07, 6.45) is -0.679. The number of hydrogen-bond acceptors (Lipinski definition) is 7. The molecule has 3 N–H and O–H groups in total. The molecular weight excluding hydrogens is 246 g/mol. The molecule has 2 rings (SSSR count). The minimum atomic E-state index is -0.679. The maximum absolute atomic E-state index is 9.33. The zero-order valence-corrected chi connectivity index (χ0v) is 10.6. The molecule has 0 amide bonds. The van der Waals surface area contributed by atoms with E-state index in [0.717, 1.165) is 11.5 Å². The van der Waals surface area contributed by atoms with Gasteiger partial charge in [-0.05, 0) is 6.92 Å². The molecule has 1 aliphatic rings. The summed E-state index contributed by atoms with van der Waals surface area (Å²) in [7, 11) is 0. The monoisotopic (exact) mass is 261 g/mol. The largest absolute Gasteiger partial charge is 0.391 e. The summed E-state index contributed by atoms with van der Waals surface area (Å²) >= 11 is 3.74. The fourth-order valence-corrected chi connectivity index (χ4v) is 3.95. The molecule has 1 unspecified atom stereocenters. The van der Waals surface area contributed by atoms with Crippen LogP contribution < -0.4 is 5.73 Å². The van der Waals surface area contributed by atoms with Gasteiger partial charge in [-0.3, -0.25) is 0 Å². The summed E-state index contributed by atoms with van der Waals surface area (Å²) in [5, 5.41) is 13.6. The Morgan fingerprint density at radius 1 is 1.56 bits per heavy atom. The number of aliphatic hydroxyl groups excluding tert-OH is 1. The van der Waals surface area contributed by atoms with Gasteiger partial charge in [0.05, 0.1) is 11.4 Å². The molecule has 0 aliphatic carbocycles. The van der Waals surface area contributed by atoms with Gasteiger partial charge in [-0.15, -0.1) is 11.8 Å². The smallest absolute Gasteiger partial charge is 0.246 e. The van der Waals surface area contributed by atoms with Crippen LogP contribution in [0.5, 0.6) is 0 Å². The van der Waals surface area contributed by atoms with Crippen LogP contribution >= 0.6 is 23.5 Å². The number of aromatic nitrogens is 2. The van der Waals surface area contributed by atoms with E-state index in [1.807, 2.05) is 23.5 Å². The topological polar surface area (TPSA) is 85.2 Å². The third-order valence-corrected chi connectivity index (χ3v) is 5.12. The molecule has 7 heteroatoms. The van der Waals surface area contributed by atoms with E-state index in [1.165, 1.54) is 5.75 Å². The molecule has 1 saturated heterocycles. The Labute approximate surface area is 103 Å². The normalized spacial score (nSPS) is 25.3. The first-order chi connectivity index (χ1) is 7.68. The van der Waals surface area contributed by atoms with Gasteiger partial charge in [0, 0.05) is 17.3 Å². The summed E-state index contributed by atoms with van der Waals surface area (Å²) in [5.41, 5.74) is 5.72. The second-order valence-corrected chi connectivity index (χ2v) is 6.15.